The Labute approximate surface area is 143 Å². The average molecular weight is 352 g/mol. The fourth-order valence-electron chi connectivity index (χ4n) is 2.11. The Balaban J connectivity index is 3.30. The third kappa shape index (κ3) is 5.46. The van der Waals surface area contributed by atoms with Gasteiger partial charge < -0.3 is 28.8 Å². The molecule has 1 unspecified atom stereocenters. The van der Waals surface area contributed by atoms with Gasteiger partial charge in [-0.2, -0.15) is 0 Å². The van der Waals surface area contributed by atoms with E-state index in [1.165, 1.54) is 0 Å². The largest absolute Gasteiger partial charge is 0.456 e. The van der Waals surface area contributed by atoms with Crippen LogP contribution >= 0.6 is 0 Å². The van der Waals surface area contributed by atoms with Crippen molar-refractivity contribution in [1.82, 2.24) is 0 Å². The van der Waals surface area contributed by atoms with Gasteiger partial charge in [0.1, 0.15) is 6.10 Å². The van der Waals surface area contributed by atoms with Crippen molar-refractivity contribution in [3.8, 4) is 0 Å². The van der Waals surface area contributed by atoms with E-state index in [0.29, 0.717) is 0 Å². The van der Waals surface area contributed by atoms with Crippen molar-refractivity contribution in [3.63, 3.8) is 0 Å². The SMILES string of the molecule is [2H]CC(=O)OC1O[C@H](CO)[C@@H](OC(=O)C[2H])[C@H](OC(=O)C[2H])[C@@H]1OC(=O)C[2H]. The molecule has 0 spiro atoms. The second kappa shape index (κ2) is 8.60. The zero-order chi connectivity index (χ0) is 21.3. The molecule has 1 N–H and O–H groups in total. The summed E-state index contributed by atoms with van der Waals surface area (Å²) in [5.74, 6) is -4.42. The average Bonchev–Trinajstić information content (AvgIpc) is 2.70. The number of aliphatic hydroxyl groups excluding tert-OH is 1. The molecule has 0 aromatic rings. The molecule has 1 saturated heterocycles. The Bertz CT molecular complexity index is 574. The van der Waals surface area contributed by atoms with E-state index < -0.39 is 88.8 Å². The molecule has 0 radical (unpaired) electrons. The summed E-state index contributed by atoms with van der Waals surface area (Å²) in [6, 6.07) is 0. The highest BCUT2D eigenvalue weighted by Gasteiger charge is 2.53. The van der Waals surface area contributed by atoms with Gasteiger partial charge in [-0.05, 0) is 0 Å². The minimum absolute atomic E-state index is 0.807. The Morgan fingerprint density at radius 2 is 1.29 bits per heavy atom. The number of hydrogen-bond donors (Lipinski definition) is 1. The number of aliphatic hydroxyl groups is 1. The molecular weight excluding hydrogens is 328 g/mol. The van der Waals surface area contributed by atoms with Gasteiger partial charge in [0.05, 0.1) is 6.61 Å². The summed E-state index contributed by atoms with van der Waals surface area (Å²) in [4.78, 5) is 46.3. The highest BCUT2D eigenvalue weighted by molar-refractivity contribution is 5.69. The normalized spacial score (nSPS) is 31.5. The van der Waals surface area contributed by atoms with E-state index in [1.807, 2.05) is 0 Å². The molecule has 136 valence electrons. The van der Waals surface area contributed by atoms with Crippen LogP contribution in [0.2, 0.25) is 0 Å². The summed E-state index contributed by atoms with van der Waals surface area (Å²) in [7, 11) is 0. The van der Waals surface area contributed by atoms with Gasteiger partial charge in [0.25, 0.3) is 0 Å². The maximum Gasteiger partial charge on any atom is 0.305 e. The molecule has 0 aromatic carbocycles. The number of rotatable bonds is 5. The summed E-state index contributed by atoms with van der Waals surface area (Å²) in [5.41, 5.74) is 0. The summed E-state index contributed by atoms with van der Waals surface area (Å²) >= 11 is 0. The predicted molar refractivity (Wildman–Crippen MR) is 74.2 cm³/mol. The summed E-state index contributed by atoms with van der Waals surface area (Å²) in [6.45, 7) is -4.15. The monoisotopic (exact) mass is 352 g/mol. The van der Waals surface area contributed by atoms with E-state index in [4.69, 9.17) is 29.2 Å². The zero-order valence-electron chi connectivity index (χ0n) is 16.5. The number of carbonyl (C=O) groups is 4. The molecule has 1 heterocycles. The highest BCUT2D eigenvalue weighted by atomic mass is 16.7. The molecule has 1 rings (SSSR count). The van der Waals surface area contributed by atoms with Crippen LogP contribution in [0.5, 0.6) is 0 Å². The lowest BCUT2D eigenvalue weighted by Gasteiger charge is -2.43. The summed E-state index contributed by atoms with van der Waals surface area (Å²) in [6.07, 6.45) is -8.10. The predicted octanol–water partition coefficient (Wildman–Crippen LogP) is -0.938. The van der Waals surface area contributed by atoms with Gasteiger partial charge in [-0.25, -0.2) is 0 Å². The molecule has 10 heteroatoms. The van der Waals surface area contributed by atoms with E-state index >= 15 is 0 Å². The maximum atomic E-state index is 11.7. The van der Waals surface area contributed by atoms with E-state index in [0.717, 1.165) is 0 Å². The van der Waals surface area contributed by atoms with Crippen molar-refractivity contribution in [3.05, 3.63) is 0 Å². The first-order valence-corrected chi connectivity index (χ1v) is 6.52. The molecule has 0 saturated carbocycles. The summed E-state index contributed by atoms with van der Waals surface area (Å²) in [5, 5.41) is 9.52. The molecule has 1 aliphatic rings. The van der Waals surface area contributed by atoms with Crippen molar-refractivity contribution in [2.75, 3.05) is 6.61 Å². The summed E-state index contributed by atoms with van der Waals surface area (Å²) < 4.78 is 53.2. The molecular formula is C14H20O10. The highest BCUT2D eigenvalue weighted by Crippen LogP contribution is 2.29. The van der Waals surface area contributed by atoms with Gasteiger partial charge >= 0.3 is 23.9 Å². The number of esters is 4. The van der Waals surface area contributed by atoms with Crippen molar-refractivity contribution in [1.29, 1.82) is 0 Å². The van der Waals surface area contributed by atoms with Crippen molar-refractivity contribution in [2.24, 2.45) is 0 Å². The molecule has 0 aromatic heterocycles. The smallest absolute Gasteiger partial charge is 0.305 e. The Kier molecular flexibility index (Phi) is 5.07. The topological polar surface area (TPSA) is 135 Å². The molecule has 5 atom stereocenters. The molecule has 0 aliphatic carbocycles. The first kappa shape index (κ1) is 14.2. The molecule has 10 nitrogen and oxygen atoms in total. The lowest BCUT2D eigenvalue weighted by molar-refractivity contribution is -0.299. The Morgan fingerprint density at radius 3 is 1.79 bits per heavy atom. The minimum Gasteiger partial charge on any atom is -0.456 e. The second-order valence-electron chi connectivity index (χ2n) is 4.58. The van der Waals surface area contributed by atoms with E-state index in [1.54, 1.807) is 0 Å². The fraction of sp³-hybridized carbons (Fsp3) is 0.714. The first-order chi connectivity index (χ1) is 13.3. The molecule has 1 fully saturated rings. The minimum atomic E-state index is -1.75. The van der Waals surface area contributed by atoms with Crippen LogP contribution in [0.1, 0.15) is 33.1 Å². The maximum absolute atomic E-state index is 11.7. The Hall–Kier alpha value is -2.20. The standard InChI is InChI=1S/C14H20O10/c1-6(16)20-11-10(5-15)24-14(23-9(4)19)13(22-8(3)18)12(11)21-7(2)17/h10-15H,5H2,1-4H3/t10-,11-,12+,13+,14?/m1/s1/i1D,2D,3D,4D. The van der Waals surface area contributed by atoms with Crippen molar-refractivity contribution < 1.29 is 53.5 Å². The molecule has 0 bridgehead atoms. The van der Waals surface area contributed by atoms with E-state index in [2.05, 4.69) is 0 Å². The molecule has 1 aliphatic heterocycles. The van der Waals surface area contributed by atoms with Crippen LogP contribution in [0, 0.1) is 0 Å². The number of hydrogen-bond acceptors (Lipinski definition) is 10. The van der Waals surface area contributed by atoms with Crippen LogP contribution < -0.4 is 0 Å². The molecule has 24 heavy (non-hydrogen) atoms. The van der Waals surface area contributed by atoms with Gasteiger partial charge in [-0.1, -0.05) is 0 Å². The van der Waals surface area contributed by atoms with Crippen molar-refractivity contribution in [2.45, 2.75) is 58.3 Å². The lowest BCUT2D eigenvalue weighted by atomic mass is 9.98. The molecule has 0 amide bonds. The van der Waals surface area contributed by atoms with Crippen molar-refractivity contribution >= 4 is 23.9 Å². The first-order valence-electron chi connectivity index (χ1n) is 9.35. The van der Waals surface area contributed by atoms with Gasteiger partial charge in [-0.3, -0.25) is 19.2 Å². The van der Waals surface area contributed by atoms with Crippen LogP contribution in [-0.4, -0.2) is 66.3 Å². The Morgan fingerprint density at radius 1 is 0.833 bits per heavy atom. The van der Waals surface area contributed by atoms with Crippen LogP contribution in [0.15, 0.2) is 0 Å². The number of ether oxygens (including phenoxy) is 5. The lowest BCUT2D eigenvalue weighted by Crippen LogP contribution is -2.62. The fourth-order valence-corrected chi connectivity index (χ4v) is 2.11. The van der Waals surface area contributed by atoms with Gasteiger partial charge in [0.2, 0.25) is 12.4 Å². The van der Waals surface area contributed by atoms with Crippen LogP contribution in [0.4, 0.5) is 0 Å². The number of carbonyl (C=O) groups excluding carboxylic acids is 4. The third-order valence-electron chi connectivity index (χ3n) is 2.82. The van der Waals surface area contributed by atoms with Crippen LogP contribution in [-0.2, 0) is 42.9 Å². The van der Waals surface area contributed by atoms with Crippen LogP contribution in [0.25, 0.3) is 0 Å². The van der Waals surface area contributed by atoms with Gasteiger partial charge in [0.15, 0.2) is 12.2 Å². The second-order valence-corrected chi connectivity index (χ2v) is 4.58. The van der Waals surface area contributed by atoms with E-state index in [-0.39, 0.29) is 0 Å². The van der Waals surface area contributed by atoms with E-state index in [9.17, 15) is 24.3 Å². The van der Waals surface area contributed by atoms with Gasteiger partial charge in [0, 0.05) is 33.1 Å². The quantitative estimate of drug-likeness (QED) is 0.488. The third-order valence-corrected chi connectivity index (χ3v) is 2.82. The zero-order valence-corrected chi connectivity index (χ0v) is 12.5. The van der Waals surface area contributed by atoms with Crippen LogP contribution in [0.3, 0.4) is 0 Å². The van der Waals surface area contributed by atoms with Gasteiger partial charge in [-0.15, -0.1) is 0 Å².